The maximum Gasteiger partial charge on any atom is 0.254 e. The normalized spacial score (nSPS) is 16.2. The lowest BCUT2D eigenvalue weighted by molar-refractivity contribution is 0.0712. The second-order valence-electron chi connectivity index (χ2n) is 5.94. The molecule has 0 aliphatic carbocycles. The summed E-state index contributed by atoms with van der Waals surface area (Å²) in [6.07, 6.45) is 2.15. The Hall–Kier alpha value is -1.61. The zero-order valence-electron chi connectivity index (χ0n) is 12.6. The second-order valence-corrected chi connectivity index (χ2v) is 6.72. The molecule has 21 heavy (non-hydrogen) atoms. The Bertz CT molecular complexity index is 625. The Kier molecular flexibility index (Phi) is 4.11. The van der Waals surface area contributed by atoms with Crippen LogP contribution in [0, 0.1) is 13.8 Å². The van der Waals surface area contributed by atoms with Crippen LogP contribution < -0.4 is 0 Å². The topological polar surface area (TPSA) is 20.3 Å². The third-order valence-electron chi connectivity index (χ3n) is 4.41. The van der Waals surface area contributed by atoms with E-state index in [1.54, 1.807) is 11.3 Å². The summed E-state index contributed by atoms with van der Waals surface area (Å²) in [6, 6.07) is 8.30. The number of rotatable bonds is 2. The molecule has 2 nitrogen and oxygen atoms in total. The lowest BCUT2D eigenvalue weighted by Crippen LogP contribution is -2.38. The van der Waals surface area contributed by atoms with Gasteiger partial charge in [0, 0.05) is 18.7 Å². The van der Waals surface area contributed by atoms with Gasteiger partial charge in [-0.05, 0) is 66.6 Å². The van der Waals surface area contributed by atoms with E-state index < -0.39 is 0 Å². The van der Waals surface area contributed by atoms with Crippen LogP contribution in [0.15, 0.2) is 35.0 Å². The van der Waals surface area contributed by atoms with E-state index in [1.807, 2.05) is 24.0 Å². The van der Waals surface area contributed by atoms with Crippen LogP contribution in [0.5, 0.6) is 0 Å². The minimum atomic E-state index is 0.191. The van der Waals surface area contributed by atoms with Crippen molar-refractivity contribution < 1.29 is 4.79 Å². The number of carbonyl (C=O) groups is 1. The minimum absolute atomic E-state index is 0.191. The molecule has 3 heteroatoms. The SMILES string of the molecule is Cc1ccc(C(=O)N2CCC(c3ccsc3)CC2)c(C)c1. The van der Waals surface area contributed by atoms with Crippen molar-refractivity contribution in [3.63, 3.8) is 0 Å². The summed E-state index contributed by atoms with van der Waals surface area (Å²) in [5.41, 5.74) is 4.59. The van der Waals surface area contributed by atoms with Gasteiger partial charge in [0.2, 0.25) is 0 Å². The van der Waals surface area contributed by atoms with Gasteiger partial charge >= 0.3 is 0 Å². The molecule has 0 spiro atoms. The van der Waals surface area contributed by atoms with E-state index in [0.29, 0.717) is 5.92 Å². The van der Waals surface area contributed by atoms with Crippen LogP contribution in [0.25, 0.3) is 0 Å². The number of thiophene rings is 1. The first-order chi connectivity index (χ1) is 10.1. The van der Waals surface area contributed by atoms with Crippen LogP contribution in [0.1, 0.15) is 45.8 Å². The van der Waals surface area contributed by atoms with Gasteiger partial charge in [-0.3, -0.25) is 4.79 Å². The zero-order valence-corrected chi connectivity index (χ0v) is 13.5. The molecular weight excluding hydrogens is 278 g/mol. The lowest BCUT2D eigenvalue weighted by Gasteiger charge is -2.32. The molecule has 1 aliphatic rings. The fourth-order valence-corrected chi connectivity index (χ4v) is 3.89. The van der Waals surface area contributed by atoms with Crippen molar-refractivity contribution >= 4 is 17.2 Å². The predicted octanol–water partition coefficient (Wildman–Crippen LogP) is 4.38. The van der Waals surface area contributed by atoms with E-state index in [9.17, 15) is 4.79 Å². The largest absolute Gasteiger partial charge is 0.339 e. The smallest absolute Gasteiger partial charge is 0.254 e. The minimum Gasteiger partial charge on any atom is -0.339 e. The lowest BCUT2D eigenvalue weighted by atomic mass is 9.91. The monoisotopic (exact) mass is 299 g/mol. The third kappa shape index (κ3) is 3.03. The molecular formula is C18H21NOS. The molecule has 3 rings (SSSR count). The molecule has 0 bridgehead atoms. The molecule has 1 aromatic carbocycles. The summed E-state index contributed by atoms with van der Waals surface area (Å²) in [4.78, 5) is 14.7. The Morgan fingerprint density at radius 3 is 2.57 bits per heavy atom. The molecule has 0 saturated carbocycles. The molecule has 1 amide bonds. The first-order valence-corrected chi connectivity index (χ1v) is 8.48. The standard InChI is InChI=1S/C18H21NOS/c1-13-3-4-17(14(2)11-13)18(20)19-8-5-15(6-9-19)16-7-10-21-12-16/h3-4,7,10-12,15H,5-6,8-9H2,1-2H3. The van der Waals surface area contributed by atoms with E-state index in [0.717, 1.165) is 37.1 Å². The summed E-state index contributed by atoms with van der Waals surface area (Å²) in [6.45, 7) is 5.82. The molecule has 1 saturated heterocycles. The van der Waals surface area contributed by atoms with Gasteiger partial charge in [0.1, 0.15) is 0 Å². The predicted molar refractivity (Wildman–Crippen MR) is 88.1 cm³/mol. The van der Waals surface area contributed by atoms with Crippen molar-refractivity contribution in [2.24, 2.45) is 0 Å². The van der Waals surface area contributed by atoms with Crippen molar-refractivity contribution in [3.8, 4) is 0 Å². The van der Waals surface area contributed by atoms with Crippen LogP contribution in [-0.2, 0) is 0 Å². The van der Waals surface area contributed by atoms with Gasteiger partial charge in [0.05, 0.1) is 0 Å². The van der Waals surface area contributed by atoms with E-state index in [2.05, 4.69) is 29.8 Å². The van der Waals surface area contributed by atoms with E-state index in [4.69, 9.17) is 0 Å². The number of benzene rings is 1. The summed E-state index contributed by atoms with van der Waals surface area (Å²) in [5, 5.41) is 4.38. The Labute approximate surface area is 130 Å². The van der Waals surface area contributed by atoms with Gasteiger partial charge in [-0.25, -0.2) is 0 Å². The summed E-state index contributed by atoms with van der Waals surface area (Å²) in [7, 11) is 0. The number of aryl methyl sites for hydroxylation is 2. The molecule has 1 aliphatic heterocycles. The molecule has 2 aromatic rings. The van der Waals surface area contributed by atoms with Crippen molar-refractivity contribution in [2.45, 2.75) is 32.6 Å². The van der Waals surface area contributed by atoms with E-state index >= 15 is 0 Å². The highest BCUT2D eigenvalue weighted by Crippen LogP contribution is 2.30. The van der Waals surface area contributed by atoms with Crippen molar-refractivity contribution in [1.82, 2.24) is 4.90 Å². The second kappa shape index (κ2) is 6.02. The maximum absolute atomic E-state index is 12.7. The van der Waals surface area contributed by atoms with Crippen molar-refractivity contribution in [2.75, 3.05) is 13.1 Å². The van der Waals surface area contributed by atoms with Crippen LogP contribution >= 0.6 is 11.3 Å². The fraction of sp³-hybridized carbons (Fsp3) is 0.389. The van der Waals surface area contributed by atoms with Gasteiger partial charge < -0.3 is 4.90 Å². The van der Waals surface area contributed by atoms with Crippen LogP contribution in [0.3, 0.4) is 0 Å². The molecule has 2 heterocycles. The van der Waals surface area contributed by atoms with Gasteiger partial charge in [-0.15, -0.1) is 0 Å². The highest BCUT2D eigenvalue weighted by atomic mass is 32.1. The highest BCUT2D eigenvalue weighted by molar-refractivity contribution is 7.07. The number of piperidine rings is 1. The van der Waals surface area contributed by atoms with Gasteiger partial charge in [-0.2, -0.15) is 11.3 Å². The fourth-order valence-electron chi connectivity index (χ4n) is 3.15. The van der Waals surface area contributed by atoms with E-state index in [-0.39, 0.29) is 5.91 Å². The Balaban J connectivity index is 1.67. The Morgan fingerprint density at radius 1 is 1.19 bits per heavy atom. The van der Waals surface area contributed by atoms with Gasteiger partial charge in [0.15, 0.2) is 0 Å². The van der Waals surface area contributed by atoms with Crippen LogP contribution in [0.2, 0.25) is 0 Å². The van der Waals surface area contributed by atoms with E-state index in [1.165, 1.54) is 11.1 Å². The highest BCUT2D eigenvalue weighted by Gasteiger charge is 2.25. The summed E-state index contributed by atoms with van der Waals surface area (Å²) >= 11 is 1.76. The first kappa shape index (κ1) is 14.3. The van der Waals surface area contributed by atoms with Gasteiger partial charge in [-0.1, -0.05) is 17.7 Å². The number of amides is 1. The first-order valence-electron chi connectivity index (χ1n) is 7.54. The molecule has 0 atom stereocenters. The van der Waals surface area contributed by atoms with Gasteiger partial charge in [0.25, 0.3) is 5.91 Å². The third-order valence-corrected chi connectivity index (χ3v) is 5.11. The molecule has 0 unspecified atom stereocenters. The number of likely N-dealkylation sites (tertiary alicyclic amines) is 1. The van der Waals surface area contributed by atoms with Crippen molar-refractivity contribution in [1.29, 1.82) is 0 Å². The van der Waals surface area contributed by atoms with Crippen LogP contribution in [0.4, 0.5) is 0 Å². The zero-order chi connectivity index (χ0) is 14.8. The average molecular weight is 299 g/mol. The average Bonchev–Trinajstić information content (AvgIpc) is 3.01. The molecule has 0 radical (unpaired) electrons. The molecule has 0 N–H and O–H groups in total. The quantitative estimate of drug-likeness (QED) is 0.805. The van der Waals surface area contributed by atoms with Crippen molar-refractivity contribution in [3.05, 3.63) is 57.3 Å². The number of hydrogen-bond acceptors (Lipinski definition) is 2. The molecule has 1 aromatic heterocycles. The summed E-state index contributed by atoms with van der Waals surface area (Å²) in [5.74, 6) is 0.815. The maximum atomic E-state index is 12.7. The number of hydrogen-bond donors (Lipinski definition) is 0. The number of carbonyl (C=O) groups excluding carboxylic acids is 1. The summed E-state index contributed by atoms with van der Waals surface area (Å²) < 4.78 is 0. The molecule has 1 fully saturated rings. The Morgan fingerprint density at radius 2 is 1.95 bits per heavy atom. The van der Waals surface area contributed by atoms with Crippen LogP contribution in [-0.4, -0.2) is 23.9 Å². The molecule has 110 valence electrons. The number of nitrogens with zero attached hydrogens (tertiary/aromatic N) is 1.